The van der Waals surface area contributed by atoms with E-state index in [0.29, 0.717) is 11.5 Å². The highest BCUT2D eigenvalue weighted by Crippen LogP contribution is 2.36. The van der Waals surface area contributed by atoms with E-state index in [1.54, 1.807) is 12.1 Å². The van der Waals surface area contributed by atoms with Crippen LogP contribution in [0.3, 0.4) is 0 Å². The average molecular weight is 276 g/mol. The van der Waals surface area contributed by atoms with Crippen LogP contribution in [0.2, 0.25) is 0 Å². The van der Waals surface area contributed by atoms with Gasteiger partial charge in [-0.3, -0.25) is 4.79 Å². The zero-order valence-electron chi connectivity index (χ0n) is 12.4. The van der Waals surface area contributed by atoms with Crippen LogP contribution in [0.1, 0.15) is 56.4 Å². The van der Waals surface area contributed by atoms with Gasteiger partial charge in [-0.2, -0.15) is 0 Å². The third kappa shape index (κ3) is 3.92. The highest BCUT2D eigenvalue weighted by Gasteiger charge is 2.29. The van der Waals surface area contributed by atoms with Gasteiger partial charge < -0.3 is 10.6 Å². The van der Waals surface area contributed by atoms with E-state index < -0.39 is 0 Å². The SMILES string of the molecule is CCCNc1ccc(C(=O)NCC2(C)CCCC2)nn1. The first kappa shape index (κ1) is 14.8. The first-order valence-corrected chi connectivity index (χ1v) is 7.49. The lowest BCUT2D eigenvalue weighted by atomic mass is 9.89. The molecule has 0 aliphatic heterocycles. The predicted octanol–water partition coefficient (Wildman–Crippen LogP) is 2.61. The predicted molar refractivity (Wildman–Crippen MR) is 79.7 cm³/mol. The number of amides is 1. The number of carbonyl (C=O) groups excluding carboxylic acids is 1. The van der Waals surface area contributed by atoms with E-state index in [4.69, 9.17) is 0 Å². The summed E-state index contributed by atoms with van der Waals surface area (Å²) in [6.45, 7) is 5.91. The lowest BCUT2D eigenvalue weighted by Crippen LogP contribution is -2.34. The van der Waals surface area contributed by atoms with Gasteiger partial charge in [-0.05, 0) is 36.8 Å². The van der Waals surface area contributed by atoms with Crippen molar-refractivity contribution in [3.63, 3.8) is 0 Å². The van der Waals surface area contributed by atoms with Crippen LogP contribution < -0.4 is 10.6 Å². The summed E-state index contributed by atoms with van der Waals surface area (Å²) in [5, 5.41) is 14.1. The largest absolute Gasteiger partial charge is 0.369 e. The lowest BCUT2D eigenvalue weighted by Gasteiger charge is -2.23. The topological polar surface area (TPSA) is 66.9 Å². The zero-order valence-corrected chi connectivity index (χ0v) is 12.4. The molecule has 1 saturated carbocycles. The standard InChI is InChI=1S/C15H24N4O/c1-3-10-16-13-7-6-12(18-19-13)14(20)17-11-15(2)8-4-5-9-15/h6-7H,3-5,8-11H2,1-2H3,(H,16,19)(H,17,20). The van der Waals surface area contributed by atoms with Crippen LogP contribution >= 0.6 is 0 Å². The summed E-state index contributed by atoms with van der Waals surface area (Å²) in [6.07, 6.45) is 5.95. The summed E-state index contributed by atoms with van der Waals surface area (Å²) in [4.78, 5) is 12.0. The summed E-state index contributed by atoms with van der Waals surface area (Å²) >= 11 is 0. The maximum Gasteiger partial charge on any atom is 0.271 e. The molecule has 5 nitrogen and oxygen atoms in total. The van der Waals surface area contributed by atoms with Gasteiger partial charge in [-0.15, -0.1) is 10.2 Å². The summed E-state index contributed by atoms with van der Waals surface area (Å²) in [5.41, 5.74) is 0.639. The van der Waals surface area contributed by atoms with Gasteiger partial charge in [0.05, 0.1) is 0 Å². The number of anilines is 1. The molecule has 0 radical (unpaired) electrons. The Labute approximate surface area is 120 Å². The van der Waals surface area contributed by atoms with Crippen LogP contribution in [-0.2, 0) is 0 Å². The van der Waals surface area contributed by atoms with Crippen molar-refractivity contribution in [2.75, 3.05) is 18.4 Å². The van der Waals surface area contributed by atoms with Gasteiger partial charge in [-0.25, -0.2) is 0 Å². The second-order valence-electron chi connectivity index (χ2n) is 5.93. The third-order valence-corrected chi connectivity index (χ3v) is 3.94. The summed E-state index contributed by atoms with van der Waals surface area (Å²) in [7, 11) is 0. The molecule has 2 rings (SSSR count). The molecule has 1 aliphatic carbocycles. The second kappa shape index (κ2) is 6.68. The molecule has 2 N–H and O–H groups in total. The molecule has 1 heterocycles. The number of aromatic nitrogens is 2. The molecule has 1 amide bonds. The quantitative estimate of drug-likeness (QED) is 0.838. The Kier molecular flexibility index (Phi) is 4.93. The molecule has 110 valence electrons. The fraction of sp³-hybridized carbons (Fsp3) is 0.667. The monoisotopic (exact) mass is 276 g/mol. The van der Waals surface area contributed by atoms with Crippen LogP contribution in [0.25, 0.3) is 0 Å². The van der Waals surface area contributed by atoms with E-state index in [1.807, 2.05) is 0 Å². The van der Waals surface area contributed by atoms with Crippen LogP contribution in [0.4, 0.5) is 5.82 Å². The molecule has 0 unspecified atom stereocenters. The Morgan fingerprint density at radius 2 is 2.05 bits per heavy atom. The van der Waals surface area contributed by atoms with Crippen LogP contribution in [-0.4, -0.2) is 29.2 Å². The number of nitrogens with zero attached hydrogens (tertiary/aromatic N) is 2. The zero-order chi connectivity index (χ0) is 14.4. The van der Waals surface area contributed by atoms with Crippen molar-refractivity contribution in [3.8, 4) is 0 Å². The molecular formula is C15H24N4O. The van der Waals surface area contributed by atoms with Crippen molar-refractivity contribution >= 4 is 11.7 Å². The summed E-state index contributed by atoms with van der Waals surface area (Å²) in [6, 6.07) is 3.52. The van der Waals surface area contributed by atoms with Crippen molar-refractivity contribution in [1.82, 2.24) is 15.5 Å². The normalized spacial score (nSPS) is 16.9. The molecular weight excluding hydrogens is 252 g/mol. The maximum absolute atomic E-state index is 12.0. The average Bonchev–Trinajstić information content (AvgIpc) is 2.90. The van der Waals surface area contributed by atoms with Crippen LogP contribution in [0.15, 0.2) is 12.1 Å². The molecule has 0 aromatic carbocycles. The molecule has 0 spiro atoms. The van der Waals surface area contributed by atoms with Crippen molar-refractivity contribution < 1.29 is 4.79 Å². The van der Waals surface area contributed by atoms with E-state index in [-0.39, 0.29) is 11.3 Å². The molecule has 5 heteroatoms. The second-order valence-corrected chi connectivity index (χ2v) is 5.93. The van der Waals surface area contributed by atoms with Gasteiger partial charge >= 0.3 is 0 Å². The molecule has 0 saturated heterocycles. The smallest absolute Gasteiger partial charge is 0.271 e. The third-order valence-electron chi connectivity index (χ3n) is 3.94. The first-order chi connectivity index (χ1) is 9.63. The minimum atomic E-state index is -0.132. The van der Waals surface area contributed by atoms with Gasteiger partial charge in [0.2, 0.25) is 0 Å². The molecule has 1 fully saturated rings. The number of hydrogen-bond donors (Lipinski definition) is 2. The fourth-order valence-electron chi connectivity index (χ4n) is 2.59. The molecule has 0 bridgehead atoms. The molecule has 0 atom stereocenters. The minimum absolute atomic E-state index is 0.132. The molecule has 1 aliphatic rings. The summed E-state index contributed by atoms with van der Waals surface area (Å²) in [5.74, 6) is 0.582. The Hall–Kier alpha value is -1.65. The number of rotatable bonds is 6. The highest BCUT2D eigenvalue weighted by atomic mass is 16.1. The maximum atomic E-state index is 12.0. The Morgan fingerprint density at radius 1 is 1.30 bits per heavy atom. The fourth-order valence-corrected chi connectivity index (χ4v) is 2.59. The van der Waals surface area contributed by atoms with Gasteiger partial charge in [0.25, 0.3) is 5.91 Å². The van der Waals surface area contributed by atoms with Crippen LogP contribution in [0.5, 0.6) is 0 Å². The molecule has 20 heavy (non-hydrogen) atoms. The Balaban J connectivity index is 1.85. The van der Waals surface area contributed by atoms with Crippen molar-refractivity contribution in [2.45, 2.75) is 46.0 Å². The van der Waals surface area contributed by atoms with E-state index in [1.165, 1.54) is 25.7 Å². The van der Waals surface area contributed by atoms with Crippen molar-refractivity contribution in [1.29, 1.82) is 0 Å². The Bertz CT molecular complexity index is 438. The summed E-state index contributed by atoms with van der Waals surface area (Å²) < 4.78 is 0. The Morgan fingerprint density at radius 3 is 2.65 bits per heavy atom. The molecule has 1 aromatic heterocycles. The lowest BCUT2D eigenvalue weighted by molar-refractivity contribution is 0.0928. The van der Waals surface area contributed by atoms with E-state index in [2.05, 4.69) is 34.7 Å². The van der Waals surface area contributed by atoms with Gasteiger partial charge in [0.1, 0.15) is 5.82 Å². The first-order valence-electron chi connectivity index (χ1n) is 7.49. The number of nitrogens with one attached hydrogen (secondary N) is 2. The van der Waals surface area contributed by atoms with E-state index >= 15 is 0 Å². The number of hydrogen-bond acceptors (Lipinski definition) is 4. The van der Waals surface area contributed by atoms with E-state index in [9.17, 15) is 4.79 Å². The van der Waals surface area contributed by atoms with E-state index in [0.717, 1.165) is 19.5 Å². The van der Waals surface area contributed by atoms with Gasteiger partial charge in [0, 0.05) is 13.1 Å². The van der Waals surface area contributed by atoms with Crippen molar-refractivity contribution in [3.05, 3.63) is 17.8 Å². The number of carbonyl (C=O) groups is 1. The van der Waals surface area contributed by atoms with Gasteiger partial charge in [0.15, 0.2) is 5.69 Å². The highest BCUT2D eigenvalue weighted by molar-refractivity contribution is 5.92. The minimum Gasteiger partial charge on any atom is -0.369 e. The van der Waals surface area contributed by atoms with Crippen LogP contribution in [0, 0.1) is 5.41 Å². The molecule has 1 aromatic rings. The van der Waals surface area contributed by atoms with Gasteiger partial charge in [-0.1, -0.05) is 26.7 Å². The van der Waals surface area contributed by atoms with Crippen molar-refractivity contribution in [2.24, 2.45) is 5.41 Å².